The first-order chi connectivity index (χ1) is 8.34. The Kier molecular flexibility index (Phi) is 4.90. The predicted octanol–water partition coefficient (Wildman–Crippen LogP) is 0.619. The third kappa shape index (κ3) is 3.54. The van der Waals surface area contributed by atoms with Crippen molar-refractivity contribution in [1.82, 2.24) is 0 Å². The minimum Gasteiger partial charge on any atom is -0.395 e. The van der Waals surface area contributed by atoms with Crippen LogP contribution in [0.1, 0.15) is 17.5 Å². The number of benzene rings is 1. The minimum absolute atomic E-state index is 0.0269. The van der Waals surface area contributed by atoms with E-state index in [0.717, 1.165) is 11.1 Å². The summed E-state index contributed by atoms with van der Waals surface area (Å²) in [7, 11) is -3.07. The Bertz CT molecular complexity index is 493. The second kappa shape index (κ2) is 5.82. The largest absolute Gasteiger partial charge is 0.395 e. The summed E-state index contributed by atoms with van der Waals surface area (Å²) in [4.78, 5) is 0. The summed E-state index contributed by atoms with van der Waals surface area (Å²) in [5.41, 5.74) is 7.07. The van der Waals surface area contributed by atoms with E-state index in [1.165, 1.54) is 6.26 Å². The lowest BCUT2D eigenvalue weighted by molar-refractivity contribution is 0.192. The zero-order chi connectivity index (χ0) is 13.8. The molecule has 0 fully saturated rings. The first-order valence-corrected chi connectivity index (χ1v) is 7.95. The fourth-order valence-electron chi connectivity index (χ4n) is 2.12. The number of aryl methyl sites for hydroxylation is 1. The maximum absolute atomic E-state index is 11.3. The zero-order valence-corrected chi connectivity index (χ0v) is 11.7. The highest BCUT2D eigenvalue weighted by Crippen LogP contribution is 2.29. The first-order valence-electron chi connectivity index (χ1n) is 5.89. The Labute approximate surface area is 109 Å². The molecule has 0 amide bonds. The van der Waals surface area contributed by atoms with Crippen LogP contribution in [0, 0.1) is 6.92 Å². The van der Waals surface area contributed by atoms with E-state index in [9.17, 15) is 13.5 Å². The van der Waals surface area contributed by atoms with Crippen molar-refractivity contribution in [2.75, 3.05) is 25.2 Å². The molecule has 0 aromatic heterocycles. The van der Waals surface area contributed by atoms with Crippen LogP contribution in [0.5, 0.6) is 0 Å². The molecule has 1 aromatic rings. The fraction of sp³-hybridized carbons (Fsp3) is 0.538. The van der Waals surface area contributed by atoms with Gasteiger partial charge in [-0.05, 0) is 24.5 Å². The Morgan fingerprint density at radius 1 is 1.33 bits per heavy atom. The molecule has 1 aromatic carbocycles. The molecule has 0 saturated carbocycles. The van der Waals surface area contributed by atoms with Crippen LogP contribution in [-0.2, 0) is 15.3 Å². The van der Waals surface area contributed by atoms with Crippen molar-refractivity contribution in [3.8, 4) is 0 Å². The molecule has 0 heterocycles. The van der Waals surface area contributed by atoms with Crippen LogP contribution in [0.15, 0.2) is 24.3 Å². The Morgan fingerprint density at radius 2 is 1.94 bits per heavy atom. The maximum Gasteiger partial charge on any atom is 0.147 e. The summed E-state index contributed by atoms with van der Waals surface area (Å²) >= 11 is 0. The summed E-state index contributed by atoms with van der Waals surface area (Å²) in [5.74, 6) is 0.0269. The maximum atomic E-state index is 11.3. The van der Waals surface area contributed by atoms with E-state index in [4.69, 9.17) is 5.73 Å². The zero-order valence-electron chi connectivity index (χ0n) is 10.9. The Morgan fingerprint density at radius 3 is 2.39 bits per heavy atom. The van der Waals surface area contributed by atoms with Gasteiger partial charge in [-0.1, -0.05) is 24.3 Å². The molecule has 18 heavy (non-hydrogen) atoms. The van der Waals surface area contributed by atoms with Gasteiger partial charge in [-0.25, -0.2) is 8.42 Å². The van der Waals surface area contributed by atoms with Crippen molar-refractivity contribution < 1.29 is 13.5 Å². The third-order valence-corrected chi connectivity index (χ3v) is 4.31. The van der Waals surface area contributed by atoms with Gasteiger partial charge >= 0.3 is 0 Å². The van der Waals surface area contributed by atoms with Crippen molar-refractivity contribution in [3.63, 3.8) is 0 Å². The van der Waals surface area contributed by atoms with E-state index in [1.54, 1.807) is 0 Å². The summed E-state index contributed by atoms with van der Waals surface area (Å²) in [6.45, 7) is 2.02. The molecule has 1 atom stereocenters. The highest BCUT2D eigenvalue weighted by Gasteiger charge is 2.32. The average molecular weight is 271 g/mol. The van der Waals surface area contributed by atoms with Crippen LogP contribution in [0.4, 0.5) is 0 Å². The summed E-state index contributed by atoms with van der Waals surface area (Å²) in [6.07, 6.45) is 1.53. The molecule has 4 nitrogen and oxygen atoms in total. The van der Waals surface area contributed by atoms with Crippen LogP contribution in [0.2, 0.25) is 0 Å². The van der Waals surface area contributed by atoms with E-state index in [2.05, 4.69) is 0 Å². The lowest BCUT2D eigenvalue weighted by Gasteiger charge is -2.32. The normalized spacial score (nSPS) is 15.3. The topological polar surface area (TPSA) is 80.4 Å². The molecule has 0 aliphatic rings. The molecular formula is C13H21NO3S. The van der Waals surface area contributed by atoms with E-state index in [1.807, 2.05) is 31.2 Å². The lowest BCUT2D eigenvalue weighted by atomic mass is 9.77. The number of hydrogen-bond donors (Lipinski definition) is 2. The summed E-state index contributed by atoms with van der Waals surface area (Å²) < 4.78 is 22.6. The van der Waals surface area contributed by atoms with E-state index >= 15 is 0 Å². The summed E-state index contributed by atoms with van der Waals surface area (Å²) in [6, 6.07) is 7.63. The third-order valence-electron chi connectivity index (χ3n) is 3.36. The van der Waals surface area contributed by atoms with Crippen molar-refractivity contribution in [3.05, 3.63) is 35.4 Å². The molecule has 1 rings (SSSR count). The SMILES string of the molecule is Cc1ccccc1C(CN)(CO)CCS(C)(=O)=O. The molecule has 0 saturated heterocycles. The molecule has 0 aliphatic heterocycles. The van der Waals surface area contributed by atoms with Gasteiger partial charge in [0, 0.05) is 18.2 Å². The molecule has 0 aliphatic carbocycles. The molecular weight excluding hydrogens is 250 g/mol. The number of hydrogen-bond acceptors (Lipinski definition) is 4. The van der Waals surface area contributed by atoms with Crippen molar-refractivity contribution >= 4 is 9.84 Å². The van der Waals surface area contributed by atoms with Crippen molar-refractivity contribution in [2.45, 2.75) is 18.8 Å². The lowest BCUT2D eigenvalue weighted by Crippen LogP contribution is -2.41. The first kappa shape index (κ1) is 15.1. The highest BCUT2D eigenvalue weighted by atomic mass is 32.2. The van der Waals surface area contributed by atoms with E-state index in [0.29, 0.717) is 6.42 Å². The fourth-order valence-corrected chi connectivity index (χ4v) is 2.89. The second-order valence-corrected chi connectivity index (χ2v) is 7.10. The highest BCUT2D eigenvalue weighted by molar-refractivity contribution is 7.90. The van der Waals surface area contributed by atoms with Crippen LogP contribution < -0.4 is 5.73 Å². The van der Waals surface area contributed by atoms with E-state index < -0.39 is 15.3 Å². The Balaban J connectivity index is 3.11. The van der Waals surface area contributed by atoms with E-state index in [-0.39, 0.29) is 18.9 Å². The number of aliphatic hydroxyl groups is 1. The smallest absolute Gasteiger partial charge is 0.147 e. The monoisotopic (exact) mass is 271 g/mol. The predicted molar refractivity (Wildman–Crippen MR) is 73.3 cm³/mol. The van der Waals surface area contributed by atoms with Gasteiger partial charge in [0.05, 0.1) is 12.4 Å². The number of aliphatic hydroxyl groups excluding tert-OH is 1. The van der Waals surface area contributed by atoms with Crippen LogP contribution in [0.25, 0.3) is 0 Å². The quantitative estimate of drug-likeness (QED) is 0.795. The number of rotatable bonds is 6. The standard InChI is InChI=1S/C13H21NO3S/c1-11-5-3-4-6-12(11)13(9-14,10-15)7-8-18(2,16)17/h3-6,15H,7-10,14H2,1-2H3. The average Bonchev–Trinajstić information content (AvgIpc) is 2.31. The number of sulfone groups is 1. The van der Waals surface area contributed by atoms with Gasteiger partial charge in [0.25, 0.3) is 0 Å². The molecule has 1 unspecified atom stereocenters. The number of nitrogens with two attached hydrogens (primary N) is 1. The van der Waals surface area contributed by atoms with Crippen LogP contribution in [0.3, 0.4) is 0 Å². The molecule has 0 radical (unpaired) electrons. The Hall–Kier alpha value is -0.910. The molecule has 0 spiro atoms. The van der Waals surface area contributed by atoms with Crippen molar-refractivity contribution in [1.29, 1.82) is 0 Å². The van der Waals surface area contributed by atoms with Gasteiger partial charge in [-0.15, -0.1) is 0 Å². The van der Waals surface area contributed by atoms with Crippen LogP contribution in [-0.4, -0.2) is 38.7 Å². The van der Waals surface area contributed by atoms with Crippen LogP contribution >= 0.6 is 0 Å². The molecule has 3 N–H and O–H groups in total. The van der Waals surface area contributed by atoms with Gasteiger partial charge in [0.1, 0.15) is 9.84 Å². The molecule has 102 valence electrons. The molecule has 0 bridgehead atoms. The van der Waals surface area contributed by atoms with Gasteiger partial charge in [0.2, 0.25) is 0 Å². The molecule has 5 heteroatoms. The van der Waals surface area contributed by atoms with Crippen molar-refractivity contribution in [2.24, 2.45) is 5.73 Å². The summed E-state index contributed by atoms with van der Waals surface area (Å²) in [5, 5.41) is 9.68. The van der Waals surface area contributed by atoms with Gasteiger partial charge in [0.15, 0.2) is 0 Å². The van der Waals surface area contributed by atoms with Gasteiger partial charge in [-0.2, -0.15) is 0 Å². The van der Waals surface area contributed by atoms with Gasteiger partial charge < -0.3 is 10.8 Å². The second-order valence-electron chi connectivity index (χ2n) is 4.84. The van der Waals surface area contributed by atoms with Gasteiger partial charge in [-0.3, -0.25) is 0 Å². The minimum atomic E-state index is -3.07.